The van der Waals surface area contributed by atoms with Crippen LogP contribution in [0.4, 0.5) is 5.69 Å². The van der Waals surface area contributed by atoms with Gasteiger partial charge in [-0.15, -0.1) is 0 Å². The van der Waals surface area contributed by atoms with Crippen molar-refractivity contribution in [3.63, 3.8) is 0 Å². The molecule has 0 radical (unpaired) electrons. The van der Waals surface area contributed by atoms with Crippen molar-refractivity contribution < 1.29 is 14.8 Å². The molecule has 0 saturated heterocycles. The van der Waals surface area contributed by atoms with Crippen LogP contribution in [0.15, 0.2) is 0 Å². The van der Waals surface area contributed by atoms with Crippen LogP contribution in [-0.4, -0.2) is 50.3 Å². The van der Waals surface area contributed by atoms with Crippen molar-refractivity contribution in [2.45, 2.75) is 52.2 Å². The molecule has 0 spiro atoms. The zero-order valence-corrected chi connectivity index (χ0v) is 13.9. The topological polar surface area (TPSA) is 102 Å². The predicted molar refractivity (Wildman–Crippen MR) is 84.0 cm³/mol. The molecular formula is C15H24N4O4. The van der Waals surface area contributed by atoms with Crippen molar-refractivity contribution in [3.05, 3.63) is 21.5 Å². The Balaban J connectivity index is 2.01. The third kappa shape index (κ3) is 3.87. The summed E-state index contributed by atoms with van der Waals surface area (Å²) < 4.78 is 1.38. The van der Waals surface area contributed by atoms with Crippen LogP contribution in [0.25, 0.3) is 0 Å². The van der Waals surface area contributed by atoms with Gasteiger partial charge in [0.25, 0.3) is 0 Å². The van der Waals surface area contributed by atoms with Gasteiger partial charge < -0.3 is 10.0 Å². The Morgan fingerprint density at radius 2 is 2.09 bits per heavy atom. The second-order valence-electron chi connectivity index (χ2n) is 6.32. The molecule has 0 aromatic carbocycles. The molecule has 1 heterocycles. The highest BCUT2D eigenvalue weighted by Crippen LogP contribution is 2.25. The molecule has 0 bridgehead atoms. The third-order valence-electron chi connectivity index (χ3n) is 4.61. The molecule has 2 rings (SSSR count). The fourth-order valence-electron chi connectivity index (χ4n) is 3.21. The van der Waals surface area contributed by atoms with Crippen molar-refractivity contribution in [2.24, 2.45) is 5.92 Å². The Morgan fingerprint density at radius 3 is 2.65 bits per heavy atom. The third-order valence-corrected chi connectivity index (χ3v) is 4.61. The summed E-state index contributed by atoms with van der Waals surface area (Å²) >= 11 is 0. The molecule has 2 atom stereocenters. The van der Waals surface area contributed by atoms with E-state index in [9.17, 15) is 20.0 Å². The Kier molecular flexibility index (Phi) is 5.35. The zero-order chi connectivity index (χ0) is 17.1. The Labute approximate surface area is 135 Å². The van der Waals surface area contributed by atoms with Crippen LogP contribution in [0.1, 0.15) is 37.1 Å². The number of aryl methyl sites for hydroxylation is 1. The molecule has 1 aromatic heterocycles. The summed E-state index contributed by atoms with van der Waals surface area (Å²) in [6.45, 7) is 3.63. The number of likely N-dealkylation sites (N-methyl/N-ethyl adjacent to an activating group) is 1. The van der Waals surface area contributed by atoms with Crippen molar-refractivity contribution in [1.82, 2.24) is 14.7 Å². The van der Waals surface area contributed by atoms with Gasteiger partial charge in [0.15, 0.2) is 0 Å². The van der Waals surface area contributed by atoms with E-state index in [2.05, 4.69) is 5.10 Å². The average molecular weight is 324 g/mol. The number of rotatable bonds is 5. The number of nitrogens with zero attached hydrogens (tertiary/aromatic N) is 4. The van der Waals surface area contributed by atoms with E-state index >= 15 is 0 Å². The first-order valence-corrected chi connectivity index (χ1v) is 7.91. The van der Waals surface area contributed by atoms with Crippen LogP contribution in [-0.2, 0) is 11.3 Å². The van der Waals surface area contributed by atoms with Crippen molar-refractivity contribution in [1.29, 1.82) is 0 Å². The standard InChI is InChI=1S/C15H24N4O4/c1-10-15(19(22)23)11(2)18(16-10)9-14(21)17(3)8-12-6-4-5-7-13(12)20/h12-13,20H,4-9H2,1-3H3. The maximum atomic E-state index is 12.3. The highest BCUT2D eigenvalue weighted by molar-refractivity contribution is 5.75. The highest BCUT2D eigenvalue weighted by atomic mass is 16.6. The number of aliphatic hydroxyl groups excluding tert-OH is 1. The first kappa shape index (κ1) is 17.4. The summed E-state index contributed by atoms with van der Waals surface area (Å²) in [7, 11) is 1.70. The molecule has 1 aliphatic rings. The monoisotopic (exact) mass is 324 g/mol. The molecule has 23 heavy (non-hydrogen) atoms. The lowest BCUT2D eigenvalue weighted by Crippen LogP contribution is -2.39. The fraction of sp³-hybridized carbons (Fsp3) is 0.733. The van der Waals surface area contributed by atoms with Gasteiger partial charge in [0.1, 0.15) is 17.9 Å². The average Bonchev–Trinajstić information content (AvgIpc) is 2.75. The molecule has 8 heteroatoms. The van der Waals surface area contributed by atoms with E-state index in [4.69, 9.17) is 0 Å². The quantitative estimate of drug-likeness (QED) is 0.652. The highest BCUT2D eigenvalue weighted by Gasteiger charge is 2.27. The minimum Gasteiger partial charge on any atom is -0.393 e. The van der Waals surface area contributed by atoms with Gasteiger partial charge in [0.05, 0.1) is 11.0 Å². The Bertz CT molecular complexity index is 599. The van der Waals surface area contributed by atoms with Gasteiger partial charge in [-0.2, -0.15) is 5.10 Å². The minimum atomic E-state index is -0.471. The van der Waals surface area contributed by atoms with E-state index in [0.29, 0.717) is 17.9 Å². The lowest BCUT2D eigenvalue weighted by molar-refractivity contribution is -0.386. The molecule has 2 unspecified atom stereocenters. The lowest BCUT2D eigenvalue weighted by atomic mass is 9.86. The molecule has 1 saturated carbocycles. The maximum absolute atomic E-state index is 12.3. The van der Waals surface area contributed by atoms with E-state index < -0.39 is 4.92 Å². The SMILES string of the molecule is Cc1nn(CC(=O)N(C)CC2CCCCC2O)c(C)c1[N+](=O)[O-]. The molecule has 1 aliphatic carbocycles. The zero-order valence-electron chi connectivity index (χ0n) is 13.9. The summed E-state index contributed by atoms with van der Waals surface area (Å²) in [4.78, 5) is 24.5. The molecule has 1 N–H and O–H groups in total. The van der Waals surface area contributed by atoms with E-state index in [1.54, 1.807) is 25.8 Å². The van der Waals surface area contributed by atoms with E-state index in [0.717, 1.165) is 25.7 Å². The minimum absolute atomic E-state index is 0.0279. The van der Waals surface area contributed by atoms with Gasteiger partial charge >= 0.3 is 5.69 Å². The number of amides is 1. The molecule has 0 aliphatic heterocycles. The van der Waals surface area contributed by atoms with Crippen LogP contribution in [0.3, 0.4) is 0 Å². The number of hydrogen-bond donors (Lipinski definition) is 1. The first-order valence-electron chi connectivity index (χ1n) is 7.91. The van der Waals surface area contributed by atoms with Crippen LogP contribution >= 0.6 is 0 Å². The van der Waals surface area contributed by atoms with E-state index in [-0.39, 0.29) is 30.2 Å². The Morgan fingerprint density at radius 1 is 1.43 bits per heavy atom. The van der Waals surface area contributed by atoms with Gasteiger partial charge in [0.2, 0.25) is 5.91 Å². The van der Waals surface area contributed by atoms with Gasteiger partial charge in [-0.25, -0.2) is 0 Å². The molecule has 128 valence electrons. The van der Waals surface area contributed by atoms with Crippen molar-refractivity contribution in [3.8, 4) is 0 Å². The first-order chi connectivity index (χ1) is 10.8. The molecule has 1 amide bonds. The van der Waals surface area contributed by atoms with Crippen LogP contribution in [0.5, 0.6) is 0 Å². The summed E-state index contributed by atoms with van der Waals surface area (Å²) in [6.07, 6.45) is 3.47. The Hall–Kier alpha value is -1.96. The summed E-state index contributed by atoms with van der Waals surface area (Å²) in [5.41, 5.74) is 0.653. The van der Waals surface area contributed by atoms with E-state index in [1.165, 1.54) is 4.68 Å². The van der Waals surface area contributed by atoms with Crippen LogP contribution in [0.2, 0.25) is 0 Å². The van der Waals surface area contributed by atoms with Gasteiger partial charge in [0, 0.05) is 19.5 Å². The van der Waals surface area contributed by atoms with Crippen LogP contribution < -0.4 is 0 Å². The summed E-state index contributed by atoms with van der Waals surface area (Å²) in [5.74, 6) is -0.0595. The number of aliphatic hydroxyl groups is 1. The van der Waals surface area contributed by atoms with Gasteiger partial charge in [-0.05, 0) is 26.7 Å². The molecule has 8 nitrogen and oxygen atoms in total. The second-order valence-corrected chi connectivity index (χ2v) is 6.32. The lowest BCUT2D eigenvalue weighted by Gasteiger charge is -2.31. The van der Waals surface area contributed by atoms with E-state index in [1.807, 2.05) is 0 Å². The second kappa shape index (κ2) is 7.08. The fourth-order valence-corrected chi connectivity index (χ4v) is 3.21. The van der Waals surface area contributed by atoms with Crippen molar-refractivity contribution in [2.75, 3.05) is 13.6 Å². The maximum Gasteiger partial charge on any atom is 0.312 e. The molecule has 1 fully saturated rings. The van der Waals surface area contributed by atoms with Crippen molar-refractivity contribution >= 4 is 11.6 Å². The number of hydrogen-bond acceptors (Lipinski definition) is 5. The largest absolute Gasteiger partial charge is 0.393 e. The van der Waals surface area contributed by atoms with Gasteiger partial charge in [-0.1, -0.05) is 12.8 Å². The summed E-state index contributed by atoms with van der Waals surface area (Å²) in [5, 5.41) is 25.1. The predicted octanol–water partition coefficient (Wildman–Crippen LogP) is 1.42. The number of carbonyl (C=O) groups is 1. The number of carbonyl (C=O) groups excluding carboxylic acids is 1. The van der Waals surface area contributed by atoms with Gasteiger partial charge in [-0.3, -0.25) is 19.6 Å². The smallest absolute Gasteiger partial charge is 0.312 e. The number of aromatic nitrogens is 2. The summed E-state index contributed by atoms with van der Waals surface area (Å²) in [6, 6.07) is 0. The normalized spacial score (nSPS) is 21.2. The number of nitro groups is 1. The van der Waals surface area contributed by atoms with Crippen LogP contribution in [0, 0.1) is 29.9 Å². The molecule has 1 aromatic rings. The molecular weight excluding hydrogens is 300 g/mol.